The SMILES string of the molecule is c1ccc(Nc2nccnc2[C@H]2CCCN2C2CCOCC2)nc1. The van der Waals surface area contributed by atoms with Crippen molar-refractivity contribution in [3.63, 3.8) is 0 Å². The van der Waals surface area contributed by atoms with Gasteiger partial charge in [-0.1, -0.05) is 6.07 Å². The number of rotatable bonds is 4. The normalized spacial score (nSPS) is 22.6. The maximum absolute atomic E-state index is 5.53. The van der Waals surface area contributed by atoms with Crippen molar-refractivity contribution in [3.8, 4) is 0 Å². The van der Waals surface area contributed by atoms with Gasteiger partial charge in [-0.15, -0.1) is 0 Å². The smallest absolute Gasteiger partial charge is 0.154 e. The van der Waals surface area contributed by atoms with Gasteiger partial charge in [0, 0.05) is 37.8 Å². The summed E-state index contributed by atoms with van der Waals surface area (Å²) >= 11 is 0. The molecule has 1 N–H and O–H groups in total. The molecule has 4 heterocycles. The number of nitrogens with one attached hydrogen (secondary N) is 1. The molecule has 0 saturated carbocycles. The number of aromatic nitrogens is 3. The Morgan fingerprint density at radius 3 is 2.71 bits per heavy atom. The lowest BCUT2D eigenvalue weighted by molar-refractivity contribution is 0.0286. The Morgan fingerprint density at radius 1 is 1.00 bits per heavy atom. The summed E-state index contributed by atoms with van der Waals surface area (Å²) < 4.78 is 5.53. The van der Waals surface area contributed by atoms with Crippen LogP contribution >= 0.6 is 0 Å². The van der Waals surface area contributed by atoms with Crippen LogP contribution in [0, 0.1) is 0 Å². The minimum absolute atomic E-state index is 0.327. The van der Waals surface area contributed by atoms with Crippen LogP contribution in [0.1, 0.15) is 37.4 Å². The molecular formula is C18H23N5O. The summed E-state index contributed by atoms with van der Waals surface area (Å²) in [5.74, 6) is 1.62. The third kappa shape index (κ3) is 3.25. The molecule has 24 heavy (non-hydrogen) atoms. The number of anilines is 2. The van der Waals surface area contributed by atoms with Gasteiger partial charge in [0.25, 0.3) is 0 Å². The van der Waals surface area contributed by atoms with E-state index in [4.69, 9.17) is 4.74 Å². The third-order valence-corrected chi connectivity index (χ3v) is 4.91. The number of hydrogen-bond acceptors (Lipinski definition) is 6. The van der Waals surface area contributed by atoms with Gasteiger partial charge in [-0.3, -0.25) is 9.88 Å². The van der Waals surface area contributed by atoms with Crippen LogP contribution in [0.4, 0.5) is 11.6 Å². The summed E-state index contributed by atoms with van der Waals surface area (Å²) in [4.78, 5) is 16.2. The topological polar surface area (TPSA) is 63.2 Å². The highest BCUT2D eigenvalue weighted by molar-refractivity contribution is 5.54. The summed E-state index contributed by atoms with van der Waals surface area (Å²) in [5.41, 5.74) is 1.03. The van der Waals surface area contributed by atoms with Gasteiger partial charge in [0.15, 0.2) is 5.82 Å². The van der Waals surface area contributed by atoms with Gasteiger partial charge in [0.05, 0.1) is 6.04 Å². The maximum atomic E-state index is 5.53. The predicted molar refractivity (Wildman–Crippen MR) is 92.1 cm³/mol. The van der Waals surface area contributed by atoms with E-state index in [-0.39, 0.29) is 0 Å². The molecule has 2 aliphatic rings. The lowest BCUT2D eigenvalue weighted by Gasteiger charge is -2.35. The van der Waals surface area contributed by atoms with Gasteiger partial charge < -0.3 is 10.1 Å². The summed E-state index contributed by atoms with van der Waals surface area (Å²) in [7, 11) is 0. The molecule has 126 valence electrons. The van der Waals surface area contributed by atoms with E-state index in [1.807, 2.05) is 18.2 Å². The Hall–Kier alpha value is -2.05. The minimum Gasteiger partial charge on any atom is -0.381 e. The molecule has 6 nitrogen and oxygen atoms in total. The first kappa shape index (κ1) is 15.5. The fourth-order valence-electron chi connectivity index (χ4n) is 3.78. The lowest BCUT2D eigenvalue weighted by atomic mass is 10.0. The second-order valence-corrected chi connectivity index (χ2v) is 6.37. The first-order valence-corrected chi connectivity index (χ1v) is 8.74. The average molecular weight is 325 g/mol. The van der Waals surface area contributed by atoms with E-state index in [0.717, 1.165) is 56.4 Å². The molecule has 1 atom stereocenters. The van der Waals surface area contributed by atoms with Gasteiger partial charge in [-0.05, 0) is 44.4 Å². The molecule has 2 aromatic heterocycles. The van der Waals surface area contributed by atoms with Crippen molar-refractivity contribution >= 4 is 11.6 Å². The van der Waals surface area contributed by atoms with E-state index in [0.29, 0.717) is 12.1 Å². The van der Waals surface area contributed by atoms with Crippen molar-refractivity contribution in [2.75, 3.05) is 25.1 Å². The van der Waals surface area contributed by atoms with Crippen molar-refractivity contribution < 1.29 is 4.74 Å². The first-order chi connectivity index (χ1) is 11.9. The molecule has 0 bridgehead atoms. The summed E-state index contributed by atoms with van der Waals surface area (Å²) in [6.45, 7) is 2.87. The number of hydrogen-bond donors (Lipinski definition) is 1. The highest BCUT2D eigenvalue weighted by Crippen LogP contribution is 2.37. The Labute approximate surface area is 142 Å². The zero-order valence-electron chi connectivity index (χ0n) is 13.8. The number of ether oxygens (including phenoxy) is 1. The molecule has 2 aromatic rings. The van der Waals surface area contributed by atoms with Gasteiger partial charge in [-0.25, -0.2) is 9.97 Å². The van der Waals surface area contributed by atoms with Gasteiger partial charge in [-0.2, -0.15) is 0 Å². The van der Waals surface area contributed by atoms with E-state index in [2.05, 4.69) is 25.2 Å². The van der Waals surface area contributed by atoms with Crippen LogP contribution in [0.3, 0.4) is 0 Å². The van der Waals surface area contributed by atoms with Crippen LogP contribution in [0.25, 0.3) is 0 Å². The monoisotopic (exact) mass is 325 g/mol. The van der Waals surface area contributed by atoms with E-state index in [9.17, 15) is 0 Å². The van der Waals surface area contributed by atoms with Crippen molar-refractivity contribution in [3.05, 3.63) is 42.5 Å². The molecule has 0 unspecified atom stereocenters. The Bertz CT molecular complexity index is 659. The van der Waals surface area contributed by atoms with Crippen molar-refractivity contribution in [1.82, 2.24) is 19.9 Å². The van der Waals surface area contributed by atoms with E-state index < -0.39 is 0 Å². The molecule has 0 spiro atoms. The van der Waals surface area contributed by atoms with E-state index in [1.165, 1.54) is 6.42 Å². The molecular weight excluding hydrogens is 302 g/mol. The fourth-order valence-corrected chi connectivity index (χ4v) is 3.78. The fraction of sp³-hybridized carbons (Fsp3) is 0.500. The molecule has 0 aliphatic carbocycles. The lowest BCUT2D eigenvalue weighted by Crippen LogP contribution is -2.39. The molecule has 6 heteroatoms. The zero-order chi connectivity index (χ0) is 16.2. The van der Waals surface area contributed by atoms with Crippen molar-refractivity contribution in [2.24, 2.45) is 0 Å². The molecule has 4 rings (SSSR count). The van der Waals surface area contributed by atoms with E-state index >= 15 is 0 Å². The van der Waals surface area contributed by atoms with Crippen LogP contribution in [-0.2, 0) is 4.74 Å². The number of likely N-dealkylation sites (tertiary alicyclic amines) is 1. The molecule has 2 saturated heterocycles. The summed E-state index contributed by atoms with van der Waals surface area (Å²) in [6, 6.07) is 6.74. The molecule has 2 aliphatic heterocycles. The summed E-state index contributed by atoms with van der Waals surface area (Å²) in [5, 5.41) is 3.34. The van der Waals surface area contributed by atoms with Crippen LogP contribution in [0.2, 0.25) is 0 Å². The average Bonchev–Trinajstić information content (AvgIpc) is 3.13. The molecule has 0 amide bonds. The number of pyridine rings is 1. The van der Waals surface area contributed by atoms with E-state index in [1.54, 1.807) is 18.6 Å². The van der Waals surface area contributed by atoms with Crippen LogP contribution in [0.15, 0.2) is 36.8 Å². The Morgan fingerprint density at radius 2 is 1.88 bits per heavy atom. The maximum Gasteiger partial charge on any atom is 0.154 e. The third-order valence-electron chi connectivity index (χ3n) is 4.91. The molecule has 2 fully saturated rings. The van der Waals surface area contributed by atoms with Crippen molar-refractivity contribution in [1.29, 1.82) is 0 Å². The Balaban J connectivity index is 1.58. The van der Waals surface area contributed by atoms with Crippen molar-refractivity contribution in [2.45, 2.75) is 37.8 Å². The first-order valence-electron chi connectivity index (χ1n) is 8.74. The highest BCUT2D eigenvalue weighted by atomic mass is 16.5. The minimum atomic E-state index is 0.327. The predicted octanol–water partition coefficient (Wildman–Crippen LogP) is 2.93. The second kappa shape index (κ2) is 7.23. The largest absolute Gasteiger partial charge is 0.381 e. The van der Waals surface area contributed by atoms with Gasteiger partial charge in [0.2, 0.25) is 0 Å². The van der Waals surface area contributed by atoms with Gasteiger partial charge in [0.1, 0.15) is 11.5 Å². The number of nitrogens with zero attached hydrogens (tertiary/aromatic N) is 4. The standard InChI is InChI=1S/C18H23N5O/c1-2-8-19-16(5-1)22-18-17(20-9-10-21-18)15-4-3-11-23(15)14-6-12-24-13-7-14/h1-2,5,8-10,14-15H,3-4,6-7,11-13H2,(H,19,21,22)/t15-/m1/s1. The second-order valence-electron chi connectivity index (χ2n) is 6.37. The molecule has 0 radical (unpaired) electrons. The van der Waals surface area contributed by atoms with Crippen LogP contribution < -0.4 is 5.32 Å². The highest BCUT2D eigenvalue weighted by Gasteiger charge is 2.35. The zero-order valence-corrected chi connectivity index (χ0v) is 13.8. The molecule has 0 aromatic carbocycles. The van der Waals surface area contributed by atoms with Crippen LogP contribution in [-0.4, -0.2) is 45.7 Å². The quantitative estimate of drug-likeness (QED) is 0.932. The van der Waals surface area contributed by atoms with Gasteiger partial charge >= 0.3 is 0 Å². The van der Waals surface area contributed by atoms with Crippen LogP contribution in [0.5, 0.6) is 0 Å². The Kier molecular flexibility index (Phi) is 4.66. The summed E-state index contributed by atoms with van der Waals surface area (Å²) in [6.07, 6.45) is 9.87.